The van der Waals surface area contributed by atoms with Crippen molar-refractivity contribution in [1.29, 1.82) is 0 Å². The molecular formula is C16H23BrN4O2. The molecule has 0 spiro atoms. The van der Waals surface area contributed by atoms with Gasteiger partial charge in [0.05, 0.1) is 5.69 Å². The number of nitrogens with zero attached hydrogens (tertiary/aromatic N) is 4. The van der Waals surface area contributed by atoms with E-state index in [1.165, 1.54) is 12.8 Å². The van der Waals surface area contributed by atoms with Gasteiger partial charge in [-0.3, -0.25) is 14.3 Å². The highest BCUT2D eigenvalue weighted by Crippen LogP contribution is 2.33. The maximum absolute atomic E-state index is 7.00. The Hall–Kier alpha value is -1.02. The van der Waals surface area contributed by atoms with Crippen molar-refractivity contribution in [3.05, 3.63) is 28.5 Å². The van der Waals surface area contributed by atoms with Gasteiger partial charge in [0, 0.05) is 57.8 Å². The summed E-state index contributed by atoms with van der Waals surface area (Å²) in [4.78, 5) is 11.7. The Bertz CT molecular complexity index is 663. The molecule has 2 aromatic heterocycles. The van der Waals surface area contributed by atoms with Crippen molar-refractivity contribution >= 4 is 21.4 Å². The van der Waals surface area contributed by atoms with E-state index in [0.29, 0.717) is 12.0 Å². The first-order valence-electron chi connectivity index (χ1n) is 7.99. The highest BCUT2D eigenvalue weighted by Gasteiger charge is 2.36. The van der Waals surface area contributed by atoms with Gasteiger partial charge in [0.1, 0.15) is 15.9 Å². The summed E-state index contributed by atoms with van der Waals surface area (Å²) < 4.78 is 8.55. The van der Waals surface area contributed by atoms with E-state index in [1.54, 1.807) is 0 Å². The molecule has 0 bridgehead atoms. The van der Waals surface area contributed by atoms with E-state index in [-0.39, 0.29) is 0 Å². The van der Waals surface area contributed by atoms with Crippen LogP contribution in [0, 0.1) is 6.92 Å². The van der Waals surface area contributed by atoms with Crippen LogP contribution in [0.25, 0.3) is 5.52 Å². The average molecular weight is 383 g/mol. The molecule has 6 nitrogen and oxygen atoms in total. The molecule has 126 valence electrons. The van der Waals surface area contributed by atoms with E-state index < -0.39 is 0 Å². The van der Waals surface area contributed by atoms with Gasteiger partial charge in [-0.05, 0) is 35.7 Å². The number of ether oxygens (including phenoxy) is 1. The molecule has 2 saturated heterocycles. The van der Waals surface area contributed by atoms with E-state index in [2.05, 4.69) is 30.2 Å². The summed E-state index contributed by atoms with van der Waals surface area (Å²) in [6, 6.07) is 0.702. The van der Waals surface area contributed by atoms with E-state index >= 15 is 0 Å². The smallest absolute Gasteiger partial charge is 0.134 e. The molecule has 2 fully saturated rings. The maximum Gasteiger partial charge on any atom is 0.134 e. The fraction of sp³-hybridized carbons (Fsp3) is 0.625. The predicted molar refractivity (Wildman–Crippen MR) is 91.7 cm³/mol. The first kappa shape index (κ1) is 16.8. The summed E-state index contributed by atoms with van der Waals surface area (Å²) in [5, 5.41) is 7.00. The Morgan fingerprint density at radius 3 is 2.65 bits per heavy atom. The van der Waals surface area contributed by atoms with Crippen LogP contribution in [0.2, 0.25) is 0 Å². The number of aliphatic hydroxyl groups is 1. The van der Waals surface area contributed by atoms with Gasteiger partial charge in [-0.25, -0.2) is 4.98 Å². The summed E-state index contributed by atoms with van der Waals surface area (Å²) in [6.07, 6.45) is 6.21. The fourth-order valence-corrected chi connectivity index (χ4v) is 4.14. The molecule has 2 aromatic rings. The highest BCUT2D eigenvalue weighted by atomic mass is 79.9. The normalized spacial score (nSPS) is 20.2. The number of likely N-dealkylation sites (tertiary alicyclic amines) is 1. The summed E-state index contributed by atoms with van der Waals surface area (Å²) >= 11 is 3.58. The Kier molecular flexibility index (Phi) is 5.31. The summed E-state index contributed by atoms with van der Waals surface area (Å²) in [5.41, 5.74) is 2.11. The number of rotatable bonds is 2. The minimum Gasteiger partial charge on any atom is -0.400 e. The van der Waals surface area contributed by atoms with Crippen molar-refractivity contribution in [3.63, 3.8) is 0 Å². The Labute approximate surface area is 144 Å². The third-order valence-electron chi connectivity index (χ3n) is 4.70. The first-order chi connectivity index (χ1) is 11.2. The number of aromatic nitrogens is 3. The van der Waals surface area contributed by atoms with Crippen LogP contribution in [-0.4, -0.2) is 63.8 Å². The highest BCUT2D eigenvalue weighted by molar-refractivity contribution is 9.10. The molecule has 2 aliphatic rings. The molecule has 0 amide bonds. The second-order valence-electron chi connectivity index (χ2n) is 5.99. The van der Waals surface area contributed by atoms with Crippen molar-refractivity contribution in [3.8, 4) is 0 Å². The first-order valence-corrected chi connectivity index (χ1v) is 8.79. The van der Waals surface area contributed by atoms with Crippen molar-refractivity contribution in [2.24, 2.45) is 0 Å². The number of aliphatic hydroxyl groups excluding tert-OH is 1. The Morgan fingerprint density at radius 1 is 1.26 bits per heavy atom. The molecule has 4 heterocycles. The monoisotopic (exact) mass is 382 g/mol. The maximum atomic E-state index is 7.00. The quantitative estimate of drug-likeness (QED) is 0.860. The van der Waals surface area contributed by atoms with Gasteiger partial charge in [0.2, 0.25) is 0 Å². The fourth-order valence-electron chi connectivity index (χ4n) is 3.48. The van der Waals surface area contributed by atoms with Crippen LogP contribution in [0.3, 0.4) is 0 Å². The zero-order valence-electron chi connectivity index (χ0n) is 13.6. The largest absolute Gasteiger partial charge is 0.400 e. The molecule has 0 atom stereocenters. The van der Waals surface area contributed by atoms with Crippen molar-refractivity contribution in [2.75, 3.05) is 33.4 Å². The molecule has 2 aliphatic heterocycles. The van der Waals surface area contributed by atoms with Crippen LogP contribution in [0.5, 0.6) is 0 Å². The standard InChI is InChI=1S/C15H19BrN4O.CH4O/c1-10-13-14(16)18-15(20(13)5-4-17-10)11-8-19(9-11)12-2-6-21-7-3-12;1-2/h4-5,11-12H,2-3,6-9H2,1H3;2H,1H3. The van der Waals surface area contributed by atoms with E-state index in [0.717, 1.165) is 55.1 Å². The number of halogens is 1. The van der Waals surface area contributed by atoms with E-state index in [9.17, 15) is 0 Å². The number of hydrogen-bond donors (Lipinski definition) is 1. The molecule has 0 saturated carbocycles. The predicted octanol–water partition coefficient (Wildman–Crippen LogP) is 1.99. The van der Waals surface area contributed by atoms with Crippen LogP contribution in [0.15, 0.2) is 17.0 Å². The molecule has 7 heteroatoms. The molecule has 0 radical (unpaired) electrons. The molecular weight excluding hydrogens is 360 g/mol. The number of fused-ring (bicyclic) bond motifs is 1. The van der Waals surface area contributed by atoms with Crippen LogP contribution >= 0.6 is 15.9 Å². The van der Waals surface area contributed by atoms with Crippen LogP contribution in [0.1, 0.15) is 30.3 Å². The minimum absolute atomic E-state index is 0.522. The van der Waals surface area contributed by atoms with Gasteiger partial charge >= 0.3 is 0 Å². The van der Waals surface area contributed by atoms with Crippen molar-refractivity contribution in [1.82, 2.24) is 19.3 Å². The van der Waals surface area contributed by atoms with Crippen LogP contribution in [-0.2, 0) is 4.74 Å². The van der Waals surface area contributed by atoms with E-state index in [1.807, 2.05) is 19.3 Å². The van der Waals surface area contributed by atoms with Gasteiger partial charge in [-0.2, -0.15) is 0 Å². The topological polar surface area (TPSA) is 62.9 Å². The van der Waals surface area contributed by atoms with Crippen LogP contribution in [0.4, 0.5) is 0 Å². The van der Waals surface area contributed by atoms with Gasteiger partial charge in [-0.1, -0.05) is 0 Å². The van der Waals surface area contributed by atoms with Gasteiger partial charge in [0.25, 0.3) is 0 Å². The number of imidazole rings is 1. The van der Waals surface area contributed by atoms with Crippen molar-refractivity contribution in [2.45, 2.75) is 31.7 Å². The molecule has 23 heavy (non-hydrogen) atoms. The SMILES string of the molecule is CO.Cc1nccn2c(C3CN(C4CCOCC4)C3)nc(Br)c12. The lowest BCUT2D eigenvalue weighted by molar-refractivity contribution is 0.000248. The Balaban J connectivity index is 0.000000753. The molecule has 0 aliphatic carbocycles. The second kappa shape index (κ2) is 7.25. The van der Waals surface area contributed by atoms with Gasteiger partial charge in [0.15, 0.2) is 0 Å². The van der Waals surface area contributed by atoms with Gasteiger partial charge in [-0.15, -0.1) is 0 Å². The summed E-state index contributed by atoms with van der Waals surface area (Å²) in [6.45, 7) is 6.07. The third-order valence-corrected chi connectivity index (χ3v) is 5.26. The van der Waals surface area contributed by atoms with Gasteiger partial charge < -0.3 is 9.84 Å². The molecule has 1 N–H and O–H groups in total. The lowest BCUT2D eigenvalue weighted by Crippen LogP contribution is -2.52. The molecule has 4 rings (SSSR count). The minimum atomic E-state index is 0.522. The zero-order chi connectivity index (χ0) is 16.4. The second-order valence-corrected chi connectivity index (χ2v) is 6.74. The van der Waals surface area contributed by atoms with Crippen LogP contribution < -0.4 is 0 Å². The summed E-state index contributed by atoms with van der Waals surface area (Å²) in [7, 11) is 1.00. The Morgan fingerprint density at radius 2 is 1.96 bits per heavy atom. The zero-order valence-corrected chi connectivity index (χ0v) is 15.2. The number of hydrogen-bond acceptors (Lipinski definition) is 5. The number of aryl methyl sites for hydroxylation is 1. The van der Waals surface area contributed by atoms with Crippen molar-refractivity contribution < 1.29 is 9.84 Å². The van der Waals surface area contributed by atoms with E-state index in [4.69, 9.17) is 14.8 Å². The lowest BCUT2D eigenvalue weighted by atomic mass is 9.94. The summed E-state index contributed by atoms with van der Waals surface area (Å²) in [5.74, 6) is 1.68. The average Bonchev–Trinajstić information content (AvgIpc) is 2.87. The lowest BCUT2D eigenvalue weighted by Gasteiger charge is -2.45. The third kappa shape index (κ3) is 3.15. The molecule has 0 unspecified atom stereocenters. The molecule has 0 aromatic carbocycles.